The van der Waals surface area contributed by atoms with Crippen LogP contribution in [0.25, 0.3) is 0 Å². The molecule has 0 unspecified atom stereocenters. The van der Waals surface area contributed by atoms with Crippen molar-refractivity contribution in [3.05, 3.63) is 69.2 Å². The van der Waals surface area contributed by atoms with E-state index in [1.54, 1.807) is 30.3 Å². The Morgan fingerprint density at radius 3 is 2.11 bits per heavy atom. The molecule has 2 rings (SSSR count). The zero-order chi connectivity index (χ0) is 13.1. The molecule has 0 atom stereocenters. The van der Waals surface area contributed by atoms with Crippen LogP contribution in [0.3, 0.4) is 0 Å². The minimum Gasteiger partial charge on any atom is -0.478 e. The normalized spacial score (nSPS) is 10.3. The van der Waals surface area contributed by atoms with Gasteiger partial charge in [-0.2, -0.15) is 0 Å². The van der Waals surface area contributed by atoms with Gasteiger partial charge in [-0.3, -0.25) is 0 Å². The van der Waals surface area contributed by atoms with Gasteiger partial charge in [0.25, 0.3) is 0 Å². The van der Waals surface area contributed by atoms with Crippen LogP contribution in [0.2, 0.25) is 10.0 Å². The predicted octanol–water partition coefficient (Wildman–Crippen LogP) is 4.28. The van der Waals surface area contributed by atoms with Crippen molar-refractivity contribution in [3.63, 3.8) is 0 Å². The van der Waals surface area contributed by atoms with Crippen LogP contribution in [0.1, 0.15) is 21.5 Å². The lowest BCUT2D eigenvalue weighted by atomic mass is 10.0. The molecule has 0 fully saturated rings. The van der Waals surface area contributed by atoms with Crippen molar-refractivity contribution in [2.45, 2.75) is 6.42 Å². The van der Waals surface area contributed by atoms with Crippen molar-refractivity contribution in [1.82, 2.24) is 0 Å². The van der Waals surface area contributed by atoms with Crippen LogP contribution < -0.4 is 0 Å². The topological polar surface area (TPSA) is 37.3 Å². The van der Waals surface area contributed by atoms with Gasteiger partial charge >= 0.3 is 5.97 Å². The van der Waals surface area contributed by atoms with Crippen molar-refractivity contribution >= 4 is 29.2 Å². The summed E-state index contributed by atoms with van der Waals surface area (Å²) in [6.45, 7) is 0. The molecule has 2 aromatic carbocycles. The van der Waals surface area contributed by atoms with Crippen LogP contribution in [-0.4, -0.2) is 11.1 Å². The number of hydrogen-bond donors (Lipinski definition) is 1. The number of carboxylic acid groups (broad SMARTS) is 1. The van der Waals surface area contributed by atoms with E-state index in [0.717, 1.165) is 11.1 Å². The van der Waals surface area contributed by atoms with Crippen molar-refractivity contribution < 1.29 is 9.90 Å². The number of benzene rings is 2. The first-order valence-electron chi connectivity index (χ1n) is 5.32. The van der Waals surface area contributed by atoms with E-state index in [2.05, 4.69) is 0 Å². The molecule has 2 nitrogen and oxygen atoms in total. The number of hydrogen-bond acceptors (Lipinski definition) is 1. The minimum absolute atomic E-state index is 0.285. The van der Waals surface area contributed by atoms with Crippen molar-refractivity contribution in [1.29, 1.82) is 0 Å². The summed E-state index contributed by atoms with van der Waals surface area (Å²) in [5.74, 6) is -0.920. The third kappa shape index (κ3) is 3.03. The van der Waals surface area contributed by atoms with Crippen LogP contribution in [0.5, 0.6) is 0 Å². The maximum atomic E-state index is 10.7. The lowest BCUT2D eigenvalue weighted by Crippen LogP contribution is -1.96. The largest absolute Gasteiger partial charge is 0.478 e. The van der Waals surface area contributed by atoms with Gasteiger partial charge in [0.1, 0.15) is 0 Å². The first kappa shape index (κ1) is 12.9. The van der Waals surface area contributed by atoms with Crippen LogP contribution >= 0.6 is 23.2 Å². The highest BCUT2D eigenvalue weighted by atomic mass is 35.5. The van der Waals surface area contributed by atoms with Gasteiger partial charge in [-0.25, -0.2) is 4.79 Å². The molecule has 0 saturated carbocycles. The first-order chi connectivity index (χ1) is 8.56. The Bertz CT molecular complexity index is 577. The zero-order valence-corrected chi connectivity index (χ0v) is 10.9. The summed E-state index contributed by atoms with van der Waals surface area (Å²) in [4.78, 5) is 10.7. The fraction of sp³-hybridized carbons (Fsp3) is 0.0714. The highest BCUT2D eigenvalue weighted by molar-refractivity contribution is 6.42. The van der Waals surface area contributed by atoms with Crippen LogP contribution in [0.4, 0.5) is 0 Å². The molecular weight excluding hydrogens is 271 g/mol. The van der Waals surface area contributed by atoms with E-state index in [9.17, 15) is 4.79 Å². The quantitative estimate of drug-likeness (QED) is 0.911. The molecule has 0 aliphatic heterocycles. The molecule has 0 spiro atoms. The van der Waals surface area contributed by atoms with Crippen LogP contribution in [-0.2, 0) is 6.42 Å². The summed E-state index contributed by atoms with van der Waals surface area (Å²) in [5.41, 5.74) is 2.35. The second kappa shape index (κ2) is 5.42. The lowest BCUT2D eigenvalue weighted by molar-refractivity contribution is 0.0697. The summed E-state index contributed by atoms with van der Waals surface area (Å²) in [6, 6.07) is 12.3. The minimum atomic E-state index is -0.920. The highest BCUT2D eigenvalue weighted by Gasteiger charge is 2.04. The lowest BCUT2D eigenvalue weighted by Gasteiger charge is -2.04. The van der Waals surface area contributed by atoms with Gasteiger partial charge in [-0.15, -0.1) is 0 Å². The third-order valence-corrected chi connectivity index (χ3v) is 3.33. The fourth-order valence-electron chi connectivity index (χ4n) is 1.65. The molecule has 4 heteroatoms. The molecule has 0 aliphatic carbocycles. The zero-order valence-electron chi connectivity index (χ0n) is 9.36. The average molecular weight is 281 g/mol. The van der Waals surface area contributed by atoms with E-state index < -0.39 is 5.97 Å². The number of rotatable bonds is 3. The molecule has 92 valence electrons. The summed E-state index contributed by atoms with van der Waals surface area (Å²) in [5, 5.41) is 9.85. The summed E-state index contributed by atoms with van der Waals surface area (Å²) in [7, 11) is 0. The molecule has 0 bridgehead atoms. The van der Waals surface area contributed by atoms with E-state index in [-0.39, 0.29) is 5.56 Å². The molecule has 2 aromatic rings. The Labute approximate surface area is 115 Å². The molecule has 0 saturated heterocycles. The van der Waals surface area contributed by atoms with Crippen molar-refractivity contribution in [2.24, 2.45) is 0 Å². The Kier molecular flexibility index (Phi) is 3.90. The Morgan fingerprint density at radius 1 is 0.944 bits per heavy atom. The highest BCUT2D eigenvalue weighted by Crippen LogP contribution is 2.23. The molecular formula is C14H10Cl2O2. The second-order valence-electron chi connectivity index (χ2n) is 3.93. The number of halogens is 2. The SMILES string of the molecule is O=C(O)c1ccc(Cc2ccc(Cl)c(Cl)c2)cc1. The van der Waals surface area contributed by atoms with Crippen LogP contribution in [0.15, 0.2) is 42.5 Å². The van der Waals surface area contributed by atoms with E-state index >= 15 is 0 Å². The Balaban J connectivity index is 2.18. The predicted molar refractivity (Wildman–Crippen MR) is 72.7 cm³/mol. The van der Waals surface area contributed by atoms with Crippen LogP contribution in [0, 0.1) is 0 Å². The molecule has 0 heterocycles. The Hall–Kier alpha value is -1.51. The maximum absolute atomic E-state index is 10.7. The molecule has 0 aliphatic rings. The smallest absolute Gasteiger partial charge is 0.335 e. The fourth-order valence-corrected chi connectivity index (χ4v) is 1.97. The molecule has 0 amide bonds. The van der Waals surface area contributed by atoms with Gasteiger partial charge < -0.3 is 5.11 Å². The monoisotopic (exact) mass is 280 g/mol. The number of aromatic carboxylic acids is 1. The molecule has 1 N–H and O–H groups in total. The van der Waals surface area contributed by atoms with Gasteiger partial charge in [0, 0.05) is 0 Å². The summed E-state index contributed by atoms with van der Waals surface area (Å²) < 4.78 is 0. The molecule has 0 radical (unpaired) electrons. The van der Waals surface area contributed by atoms with Gasteiger partial charge in [0.05, 0.1) is 15.6 Å². The van der Waals surface area contributed by atoms with Crippen molar-refractivity contribution in [3.8, 4) is 0 Å². The third-order valence-electron chi connectivity index (χ3n) is 2.59. The number of carboxylic acids is 1. The van der Waals surface area contributed by atoms with Gasteiger partial charge in [-0.1, -0.05) is 41.4 Å². The summed E-state index contributed by atoms with van der Waals surface area (Å²) in [6.07, 6.45) is 0.691. The van der Waals surface area contributed by atoms with E-state index in [4.69, 9.17) is 28.3 Å². The van der Waals surface area contributed by atoms with E-state index in [0.29, 0.717) is 16.5 Å². The molecule has 18 heavy (non-hydrogen) atoms. The maximum Gasteiger partial charge on any atom is 0.335 e. The Morgan fingerprint density at radius 2 is 1.56 bits per heavy atom. The first-order valence-corrected chi connectivity index (χ1v) is 6.08. The summed E-state index contributed by atoms with van der Waals surface area (Å²) >= 11 is 11.8. The van der Waals surface area contributed by atoms with Gasteiger partial charge in [0.15, 0.2) is 0 Å². The van der Waals surface area contributed by atoms with Crippen molar-refractivity contribution in [2.75, 3.05) is 0 Å². The second-order valence-corrected chi connectivity index (χ2v) is 4.74. The standard InChI is InChI=1S/C14H10Cl2O2/c15-12-6-3-10(8-13(12)16)7-9-1-4-11(5-2-9)14(17)18/h1-6,8H,7H2,(H,17,18). The van der Waals surface area contributed by atoms with E-state index in [1.807, 2.05) is 12.1 Å². The van der Waals surface area contributed by atoms with Gasteiger partial charge in [0.2, 0.25) is 0 Å². The van der Waals surface area contributed by atoms with E-state index in [1.165, 1.54) is 0 Å². The van der Waals surface area contributed by atoms with Gasteiger partial charge in [-0.05, 0) is 41.8 Å². The number of carbonyl (C=O) groups is 1. The average Bonchev–Trinajstić information content (AvgIpc) is 2.34. The molecule has 0 aromatic heterocycles.